The Hall–Kier alpha value is -2.13. The second-order valence-corrected chi connectivity index (χ2v) is 4.47. The molecule has 5 nitrogen and oxygen atoms in total. The maximum atomic E-state index is 11.9. The molecule has 18 heavy (non-hydrogen) atoms. The van der Waals surface area contributed by atoms with E-state index in [0.29, 0.717) is 22.6 Å². The number of halogens is 1. The lowest BCUT2D eigenvalue weighted by Crippen LogP contribution is -2.13. The quantitative estimate of drug-likeness (QED) is 0.925. The van der Waals surface area contributed by atoms with Gasteiger partial charge in [-0.1, -0.05) is 21.1 Å². The summed E-state index contributed by atoms with van der Waals surface area (Å²) in [7, 11) is 0. The number of benzene rings is 1. The molecule has 1 aromatic carbocycles. The highest BCUT2D eigenvalue weighted by Gasteiger charge is 2.14. The molecule has 0 spiro atoms. The number of rotatable bonds is 2. The number of aryl methyl sites for hydroxylation is 1. The Balaban J connectivity index is 2.28. The fraction of sp³-hybridized carbons (Fsp3) is 0.0833. The molecule has 1 amide bonds. The highest BCUT2D eigenvalue weighted by atomic mass is 79.9. The Morgan fingerprint density at radius 1 is 1.56 bits per heavy atom. The van der Waals surface area contributed by atoms with Crippen LogP contribution in [0, 0.1) is 18.3 Å². The van der Waals surface area contributed by atoms with Gasteiger partial charge < -0.3 is 9.84 Å². The molecule has 0 aliphatic heterocycles. The van der Waals surface area contributed by atoms with Crippen molar-refractivity contribution in [3.8, 4) is 6.07 Å². The number of nitrogens with zero attached hydrogens (tertiary/aromatic N) is 2. The van der Waals surface area contributed by atoms with E-state index >= 15 is 0 Å². The first-order chi connectivity index (χ1) is 8.61. The van der Waals surface area contributed by atoms with E-state index in [1.807, 2.05) is 6.07 Å². The average molecular weight is 306 g/mol. The number of nitrogens with one attached hydrogen (secondary N) is 1. The zero-order valence-corrected chi connectivity index (χ0v) is 11.0. The standard InChI is InChI=1S/C12H8BrN3O2/c1-7-10(6-15-18-7)12(17)16-11-3-2-9(13)4-8(11)5-14/h2-4,6H,1H3,(H,16,17). The number of hydrogen-bond acceptors (Lipinski definition) is 4. The Morgan fingerprint density at radius 3 is 2.94 bits per heavy atom. The molecule has 0 saturated heterocycles. The highest BCUT2D eigenvalue weighted by Crippen LogP contribution is 2.21. The molecule has 0 aliphatic rings. The third-order valence-electron chi connectivity index (χ3n) is 2.35. The minimum Gasteiger partial charge on any atom is -0.361 e. The van der Waals surface area contributed by atoms with Crippen LogP contribution in [0.25, 0.3) is 0 Å². The highest BCUT2D eigenvalue weighted by molar-refractivity contribution is 9.10. The molecule has 90 valence electrons. The Labute approximate surface area is 112 Å². The van der Waals surface area contributed by atoms with Crippen LogP contribution in [0.1, 0.15) is 21.7 Å². The lowest BCUT2D eigenvalue weighted by atomic mass is 10.2. The molecule has 0 unspecified atom stereocenters. The molecule has 0 aliphatic carbocycles. The van der Waals surface area contributed by atoms with Crippen LogP contribution >= 0.6 is 15.9 Å². The SMILES string of the molecule is Cc1oncc1C(=O)Nc1ccc(Br)cc1C#N. The van der Waals surface area contributed by atoms with E-state index < -0.39 is 0 Å². The van der Waals surface area contributed by atoms with Gasteiger partial charge in [0.15, 0.2) is 0 Å². The zero-order valence-electron chi connectivity index (χ0n) is 9.40. The molecule has 2 rings (SSSR count). The van der Waals surface area contributed by atoms with Gasteiger partial charge in [-0.2, -0.15) is 5.26 Å². The average Bonchev–Trinajstić information content (AvgIpc) is 2.77. The van der Waals surface area contributed by atoms with E-state index in [2.05, 4.69) is 26.4 Å². The molecule has 6 heteroatoms. The Kier molecular flexibility index (Phi) is 3.44. The van der Waals surface area contributed by atoms with Crippen molar-refractivity contribution in [3.05, 3.63) is 45.8 Å². The molecule has 0 fully saturated rings. The third kappa shape index (κ3) is 2.41. The van der Waals surface area contributed by atoms with Crippen LogP contribution < -0.4 is 5.32 Å². The van der Waals surface area contributed by atoms with Crippen molar-refractivity contribution < 1.29 is 9.32 Å². The molecule has 1 aromatic heterocycles. The predicted octanol–water partition coefficient (Wildman–Crippen LogP) is 2.87. The number of aromatic nitrogens is 1. The van der Waals surface area contributed by atoms with Gasteiger partial charge in [0.2, 0.25) is 0 Å². The van der Waals surface area contributed by atoms with Crippen molar-refractivity contribution in [1.82, 2.24) is 5.16 Å². The number of anilines is 1. The van der Waals surface area contributed by atoms with Gasteiger partial charge in [0.1, 0.15) is 17.4 Å². The lowest BCUT2D eigenvalue weighted by molar-refractivity contribution is 0.102. The normalized spacial score (nSPS) is 9.83. The minimum absolute atomic E-state index is 0.349. The topological polar surface area (TPSA) is 78.9 Å². The summed E-state index contributed by atoms with van der Waals surface area (Å²) in [6.07, 6.45) is 1.34. The summed E-state index contributed by atoms with van der Waals surface area (Å²) in [5.74, 6) is 0.0793. The summed E-state index contributed by atoms with van der Waals surface area (Å²) in [6, 6.07) is 7.06. The predicted molar refractivity (Wildman–Crippen MR) is 68.1 cm³/mol. The van der Waals surface area contributed by atoms with Crippen LogP contribution in [0.3, 0.4) is 0 Å². The Bertz CT molecular complexity index is 643. The number of carbonyl (C=O) groups is 1. The van der Waals surface area contributed by atoms with Crippen LogP contribution in [0.2, 0.25) is 0 Å². The summed E-state index contributed by atoms with van der Waals surface area (Å²) in [5, 5.41) is 15.2. The first-order valence-corrected chi connectivity index (χ1v) is 5.83. The van der Waals surface area contributed by atoms with Gasteiger partial charge in [0.25, 0.3) is 5.91 Å². The number of nitriles is 1. The van der Waals surface area contributed by atoms with Gasteiger partial charge in [0, 0.05) is 4.47 Å². The van der Waals surface area contributed by atoms with Crippen LogP contribution in [-0.4, -0.2) is 11.1 Å². The van der Waals surface area contributed by atoms with E-state index in [1.165, 1.54) is 6.20 Å². The van der Waals surface area contributed by atoms with Gasteiger partial charge in [-0.3, -0.25) is 4.79 Å². The van der Waals surface area contributed by atoms with Crippen LogP contribution in [0.15, 0.2) is 33.4 Å². The number of carbonyl (C=O) groups excluding carboxylic acids is 1. The van der Waals surface area contributed by atoms with Gasteiger partial charge in [-0.15, -0.1) is 0 Å². The van der Waals surface area contributed by atoms with Crippen molar-refractivity contribution in [1.29, 1.82) is 5.26 Å². The van der Waals surface area contributed by atoms with Crippen molar-refractivity contribution in [2.75, 3.05) is 5.32 Å². The molecule has 0 bridgehead atoms. The maximum absolute atomic E-state index is 11.9. The molecule has 0 radical (unpaired) electrons. The van der Waals surface area contributed by atoms with Crippen LogP contribution in [0.5, 0.6) is 0 Å². The van der Waals surface area contributed by atoms with Crippen LogP contribution in [-0.2, 0) is 0 Å². The van der Waals surface area contributed by atoms with E-state index in [1.54, 1.807) is 25.1 Å². The fourth-order valence-electron chi connectivity index (χ4n) is 1.42. The summed E-state index contributed by atoms with van der Waals surface area (Å²) in [4.78, 5) is 11.9. The van der Waals surface area contributed by atoms with Crippen molar-refractivity contribution in [2.45, 2.75) is 6.92 Å². The summed E-state index contributed by atoms with van der Waals surface area (Å²) in [6.45, 7) is 1.65. The second-order valence-electron chi connectivity index (χ2n) is 3.55. The van der Waals surface area contributed by atoms with Gasteiger partial charge in [-0.25, -0.2) is 0 Å². The number of amides is 1. The van der Waals surface area contributed by atoms with Crippen LogP contribution in [0.4, 0.5) is 5.69 Å². The lowest BCUT2D eigenvalue weighted by Gasteiger charge is -2.06. The summed E-state index contributed by atoms with van der Waals surface area (Å²) in [5.41, 5.74) is 1.18. The Morgan fingerprint density at radius 2 is 2.33 bits per heavy atom. The molecular weight excluding hydrogens is 298 g/mol. The maximum Gasteiger partial charge on any atom is 0.260 e. The largest absolute Gasteiger partial charge is 0.361 e. The monoisotopic (exact) mass is 305 g/mol. The van der Waals surface area contributed by atoms with E-state index in [4.69, 9.17) is 9.78 Å². The first-order valence-electron chi connectivity index (χ1n) is 5.04. The first kappa shape index (κ1) is 12.3. The molecule has 0 saturated carbocycles. The van der Waals surface area contributed by atoms with E-state index in [9.17, 15) is 4.79 Å². The van der Waals surface area contributed by atoms with Gasteiger partial charge in [-0.05, 0) is 25.1 Å². The summed E-state index contributed by atoms with van der Waals surface area (Å²) >= 11 is 3.26. The smallest absolute Gasteiger partial charge is 0.260 e. The second kappa shape index (κ2) is 5.02. The van der Waals surface area contributed by atoms with Crippen molar-refractivity contribution >= 4 is 27.5 Å². The zero-order chi connectivity index (χ0) is 13.1. The van der Waals surface area contributed by atoms with Crippen molar-refractivity contribution in [2.24, 2.45) is 0 Å². The molecule has 2 aromatic rings. The molecular formula is C12H8BrN3O2. The third-order valence-corrected chi connectivity index (χ3v) is 2.84. The van der Waals surface area contributed by atoms with Gasteiger partial charge in [0.05, 0.1) is 17.4 Å². The minimum atomic E-state index is -0.354. The fourth-order valence-corrected chi connectivity index (χ4v) is 1.79. The molecule has 1 N–H and O–H groups in total. The van der Waals surface area contributed by atoms with Crippen molar-refractivity contribution in [3.63, 3.8) is 0 Å². The molecule has 0 atom stereocenters. The van der Waals surface area contributed by atoms with Gasteiger partial charge >= 0.3 is 0 Å². The molecule has 1 heterocycles. The summed E-state index contributed by atoms with van der Waals surface area (Å²) < 4.78 is 5.59. The van der Waals surface area contributed by atoms with E-state index in [-0.39, 0.29) is 5.91 Å². The van der Waals surface area contributed by atoms with E-state index in [0.717, 1.165) is 4.47 Å². The number of hydrogen-bond donors (Lipinski definition) is 1.